The minimum Gasteiger partial charge on any atom is -0.381 e. The second-order valence-corrected chi connectivity index (χ2v) is 39.9. The summed E-state index contributed by atoms with van der Waals surface area (Å²) in [6.45, 7) is 17.0. The Balaban J connectivity index is 0.000000115. The number of benzene rings is 4. The molecule has 8 N–H and O–H groups in total. The van der Waals surface area contributed by atoms with Crippen LogP contribution in [0.5, 0.6) is 0 Å². The zero-order chi connectivity index (χ0) is 99.7. The molecular weight excluding hydrogens is 1870 g/mol. The van der Waals surface area contributed by atoms with E-state index in [1.807, 2.05) is 219 Å². The predicted molar refractivity (Wildman–Crippen MR) is 567 cm³/mol. The number of likely N-dealkylation sites (tertiary alicyclic amines) is 4. The Bertz CT molecular complexity index is 7270. The molecule has 8 aliphatic heterocycles. The number of rotatable bonds is 21. The van der Waals surface area contributed by atoms with Crippen LogP contribution in [0, 0.1) is 5.92 Å². The zero-order valence-corrected chi connectivity index (χ0v) is 82.7. The van der Waals surface area contributed by atoms with Crippen LogP contribution in [0.3, 0.4) is 0 Å². The van der Waals surface area contributed by atoms with E-state index < -0.39 is 10.8 Å². The van der Waals surface area contributed by atoms with Gasteiger partial charge in [-0.15, -0.1) is 0 Å². The molecule has 36 nitrogen and oxygen atoms in total. The molecule has 0 unspecified atom stereocenters. The van der Waals surface area contributed by atoms with Crippen molar-refractivity contribution < 1.29 is 37.7 Å². The number of piperidine rings is 4. The molecule has 37 heteroatoms. The number of H-pyrrole nitrogens is 4. The van der Waals surface area contributed by atoms with Gasteiger partial charge in [0.1, 0.15) is 22.8 Å². The third kappa shape index (κ3) is 24.3. The van der Waals surface area contributed by atoms with Gasteiger partial charge in [-0.05, 0) is 240 Å². The molecule has 20 heterocycles. The first-order chi connectivity index (χ1) is 72.2. The Morgan fingerprint density at radius 3 is 1.01 bits per heavy atom. The Labute approximate surface area is 852 Å². The molecule has 5 amide bonds. The second kappa shape index (κ2) is 46.2. The lowest BCUT2D eigenvalue weighted by Crippen LogP contribution is -2.53. The van der Waals surface area contributed by atoms with Crippen LogP contribution < -0.4 is 21.3 Å². The van der Waals surface area contributed by atoms with Gasteiger partial charge in [0.15, 0.2) is 0 Å². The number of carbonyl (C=O) groups is 5. The highest BCUT2D eigenvalue weighted by Crippen LogP contribution is 2.34. The van der Waals surface area contributed by atoms with Crippen molar-refractivity contribution in [1.29, 1.82) is 0 Å². The van der Waals surface area contributed by atoms with Gasteiger partial charge in [-0.3, -0.25) is 62.8 Å². The van der Waals surface area contributed by atoms with Crippen molar-refractivity contribution >= 4 is 130 Å². The van der Waals surface area contributed by atoms with Gasteiger partial charge in [0.25, 0.3) is 23.6 Å². The van der Waals surface area contributed by atoms with Gasteiger partial charge in [-0.1, -0.05) is 24.3 Å². The number of hydrogen-bond acceptors (Lipinski definition) is 27. The lowest BCUT2D eigenvalue weighted by Gasteiger charge is -2.40. The third-order valence-corrected chi connectivity index (χ3v) is 29.9. The molecule has 8 saturated heterocycles. The molecule has 0 atom stereocenters. The Morgan fingerprint density at radius 2 is 0.653 bits per heavy atom. The molecule has 16 aromatic rings. The highest BCUT2D eigenvalue weighted by Gasteiger charge is 2.36. The van der Waals surface area contributed by atoms with Crippen LogP contribution in [-0.2, 0) is 25.1 Å². The number of morpholine rings is 1. The Hall–Kier alpha value is -15.5. The minimum atomic E-state index is -0.660. The van der Waals surface area contributed by atoms with Gasteiger partial charge in [-0.25, -0.2) is 39.9 Å². The van der Waals surface area contributed by atoms with Crippen LogP contribution in [-0.4, -0.2) is 313 Å². The van der Waals surface area contributed by atoms with Gasteiger partial charge in [0.05, 0.1) is 58.8 Å². The molecule has 0 aliphatic carbocycles. The Morgan fingerprint density at radius 1 is 0.320 bits per heavy atom. The van der Waals surface area contributed by atoms with E-state index in [1.165, 1.54) is 0 Å². The number of anilines is 8. The number of fused-ring (bicyclic) bond motifs is 4. The van der Waals surface area contributed by atoms with Crippen LogP contribution in [0.1, 0.15) is 113 Å². The lowest BCUT2D eigenvalue weighted by atomic mass is 9.96. The van der Waals surface area contributed by atoms with Crippen LogP contribution in [0.2, 0.25) is 0 Å². The monoisotopic (exact) mass is 1990 g/mol. The number of nitrogens with one attached hydrogen (secondary N) is 8. The quantitative estimate of drug-likeness (QED) is 0.0331. The molecule has 0 spiro atoms. The number of nitrogens with zero attached hydrogens (tertiary/aromatic N) is 20. The first-order valence-corrected chi connectivity index (χ1v) is 52.4. The third-order valence-electron chi connectivity index (χ3n) is 28.6. The number of carbonyl (C=O) groups excluding carboxylic acids is 5. The number of hydrogen-bond donors (Lipinski definition) is 8. The predicted octanol–water partition coefficient (Wildman–Crippen LogP) is 15.5. The van der Waals surface area contributed by atoms with E-state index in [1.54, 1.807) is 49.6 Å². The molecule has 0 radical (unpaired) electrons. The fourth-order valence-electron chi connectivity index (χ4n) is 20.7. The number of pyridine rings is 4. The van der Waals surface area contributed by atoms with E-state index in [-0.39, 0.29) is 35.6 Å². The van der Waals surface area contributed by atoms with Crippen LogP contribution >= 0.6 is 0 Å². The van der Waals surface area contributed by atoms with Crippen molar-refractivity contribution in [2.24, 2.45) is 5.92 Å². The van der Waals surface area contributed by atoms with E-state index in [9.17, 15) is 28.2 Å². The summed E-state index contributed by atoms with van der Waals surface area (Å²) in [5.41, 5.74) is 15.6. The molecule has 8 fully saturated rings. The molecule has 147 heavy (non-hydrogen) atoms. The fourth-order valence-corrected chi connectivity index (χ4v) is 21.7. The highest BCUT2D eigenvalue weighted by molar-refractivity contribution is 7.85. The van der Waals surface area contributed by atoms with Crippen LogP contribution in [0.25, 0.3) is 89.2 Å². The summed E-state index contributed by atoms with van der Waals surface area (Å²) in [7, 11) is -0.660. The van der Waals surface area contributed by atoms with Crippen molar-refractivity contribution in [3.63, 3.8) is 0 Å². The summed E-state index contributed by atoms with van der Waals surface area (Å²) in [5, 5.41) is 16.9. The standard InChI is InChI=1S/C28H29N7O2.C28H31N7O2.C27H29N7O2S.C27H29N7O2/c36-26-6-2-4-14-35(26)21-10-15-34(16-11-21)27(37)25-18-19-17-20(7-8-22(19)32-25)31-28-30-13-9-24(33-28)23-5-1-3-12-29-23;36-27(35-11-7-20(8-12-35)19-34-13-15-37-16-14-34)26-18-21-17-22(4-5-23(21)32-26)31-28-30-10-6-25(33-28)24-3-1-2-9-29-24;35-26(34-11-7-21(8-12-34)33-13-15-37(36)16-14-33)25-18-19-17-20(4-5-22(19)31-25)30-27-29-10-6-24(32-27)23-3-1-2-9-28-23;35-26(34-13-11-33(12-14-34)21-7-15-36-16-8-21)25-18-19-17-20(4-5-22(19)31-25)30-27-29-10-6-24(32-27)23-3-1-2-9-28-23/h1,3,5,7-9,12-13,17-18,21,32H,2,4,6,10-11,14-16H2,(H,30,31,33);1-6,9-10,17-18,20,32H,7-8,11-16,19H2,(H,30,31,33);1-6,9-10,17-18,21,31H,7-8,11-16H2,(H,29,30,32);1-6,9-10,17-18,21,31H,7-8,11-16H2,(H,29,30,32). The van der Waals surface area contributed by atoms with Gasteiger partial charge in [0, 0.05) is 281 Å². The van der Waals surface area contributed by atoms with E-state index in [4.69, 9.17) is 9.47 Å². The molecule has 752 valence electrons. The van der Waals surface area contributed by atoms with Crippen molar-refractivity contribution in [3.05, 3.63) is 266 Å². The van der Waals surface area contributed by atoms with E-state index in [0.717, 1.165) is 306 Å². The summed E-state index contributed by atoms with van der Waals surface area (Å²) in [6, 6.07) is 62.9. The van der Waals surface area contributed by atoms with E-state index in [2.05, 4.69) is 116 Å². The summed E-state index contributed by atoms with van der Waals surface area (Å²) in [5.74, 6) is 4.57. The summed E-state index contributed by atoms with van der Waals surface area (Å²) < 4.78 is 22.6. The Kier molecular flexibility index (Phi) is 30.7. The number of aromatic amines is 4. The topological polar surface area (TPSA) is 413 Å². The zero-order valence-electron chi connectivity index (χ0n) is 81.9. The lowest BCUT2D eigenvalue weighted by molar-refractivity contribution is -0.136. The number of aromatic nitrogens is 16. The van der Waals surface area contributed by atoms with E-state index >= 15 is 0 Å². The molecule has 0 bridgehead atoms. The molecular formula is C110H118N28O8S. The minimum absolute atomic E-state index is 0.000487. The average molecular weight is 1990 g/mol. The summed E-state index contributed by atoms with van der Waals surface area (Å²) in [4.78, 5) is 149. The van der Waals surface area contributed by atoms with Gasteiger partial charge in [-0.2, -0.15) is 0 Å². The number of amides is 5. The molecule has 4 aromatic carbocycles. The maximum Gasteiger partial charge on any atom is 0.270 e. The normalized spacial score (nSPS) is 17.3. The smallest absolute Gasteiger partial charge is 0.270 e. The van der Waals surface area contributed by atoms with Gasteiger partial charge < -0.3 is 75.2 Å². The largest absolute Gasteiger partial charge is 0.381 e. The van der Waals surface area contributed by atoms with Crippen LogP contribution in [0.4, 0.5) is 46.5 Å². The van der Waals surface area contributed by atoms with E-state index in [0.29, 0.717) is 84.1 Å². The SMILES string of the molecule is O=C(c1cc2cc(Nc3nccc(-c4ccccn4)n3)ccc2[nH]1)N1CCC(CN2CCOCC2)CC1.O=C(c1cc2cc(Nc3nccc(-c4ccccn4)n3)ccc2[nH]1)N1CCC(N2CCCCC2=O)CC1.O=C(c1cc2cc(Nc3nccc(-c4ccccn4)n3)ccc2[nH]1)N1CCC(N2CCS(=O)CC2)CC1.O=C(c1cc2cc(Nc3nccc(-c4ccccn4)n3)ccc2[nH]1)N1CCN(C2CCOCC2)CC1. The van der Waals surface area contributed by atoms with Crippen molar-refractivity contribution in [1.82, 2.24) is 119 Å². The first-order valence-electron chi connectivity index (χ1n) is 50.9. The molecule has 12 aromatic heterocycles. The highest BCUT2D eigenvalue weighted by atomic mass is 32.2. The molecule has 24 rings (SSSR count). The van der Waals surface area contributed by atoms with Gasteiger partial charge in [0.2, 0.25) is 29.7 Å². The van der Waals surface area contributed by atoms with Crippen molar-refractivity contribution in [2.75, 3.05) is 164 Å². The summed E-state index contributed by atoms with van der Waals surface area (Å²) in [6.07, 6.45) is 24.4. The average Bonchev–Trinajstić information content (AvgIpc) is 1.67. The number of ether oxygens (including phenoxy) is 2. The molecule has 8 aliphatic rings. The summed E-state index contributed by atoms with van der Waals surface area (Å²) >= 11 is 0. The fraction of sp³-hybridized carbons (Fsp3) is 0.336. The van der Waals surface area contributed by atoms with Crippen molar-refractivity contribution in [3.8, 4) is 45.6 Å². The maximum absolute atomic E-state index is 13.2. The van der Waals surface area contributed by atoms with Crippen molar-refractivity contribution in [2.45, 2.75) is 88.8 Å². The van der Waals surface area contributed by atoms with Crippen LogP contribution in [0.15, 0.2) is 244 Å². The second-order valence-electron chi connectivity index (χ2n) is 38.2. The first kappa shape index (κ1) is 97.5. The maximum atomic E-state index is 13.2. The molecule has 0 saturated carbocycles. The number of piperazine rings is 1. The van der Waals surface area contributed by atoms with Gasteiger partial charge >= 0.3 is 0 Å².